The molecular weight excluding hydrogens is 210 g/mol. The second kappa shape index (κ2) is 5.84. The summed E-state index contributed by atoms with van der Waals surface area (Å²) in [5.41, 5.74) is 1.18. The summed E-state index contributed by atoms with van der Waals surface area (Å²) in [6.07, 6.45) is 3.27. The number of nitrogens with zero attached hydrogens (tertiary/aromatic N) is 1. The van der Waals surface area contributed by atoms with E-state index in [0.717, 1.165) is 19.3 Å². The molecule has 2 rings (SSSR count). The number of nitriles is 1. The number of hydrogen-bond donors (Lipinski definition) is 0. The molecule has 0 aromatic heterocycles. The number of benzene rings is 1. The summed E-state index contributed by atoms with van der Waals surface area (Å²) in [5, 5.41) is 9.11. The van der Waals surface area contributed by atoms with Gasteiger partial charge in [0.1, 0.15) is 0 Å². The van der Waals surface area contributed by atoms with E-state index in [4.69, 9.17) is 10.00 Å². The highest BCUT2D eigenvalue weighted by atomic mass is 16.5. The summed E-state index contributed by atoms with van der Waals surface area (Å²) in [6.45, 7) is 2.86. The van der Waals surface area contributed by atoms with Crippen molar-refractivity contribution in [1.29, 1.82) is 5.26 Å². The zero-order valence-corrected chi connectivity index (χ0v) is 10.3. The third-order valence-corrected chi connectivity index (χ3v) is 3.53. The Hall–Kier alpha value is -1.33. The monoisotopic (exact) mass is 229 g/mol. The molecule has 17 heavy (non-hydrogen) atoms. The van der Waals surface area contributed by atoms with Crippen molar-refractivity contribution in [3.8, 4) is 6.07 Å². The summed E-state index contributed by atoms with van der Waals surface area (Å²) in [7, 11) is 0. The van der Waals surface area contributed by atoms with Crippen LogP contribution in [0.15, 0.2) is 30.3 Å². The molecule has 0 heterocycles. The lowest BCUT2D eigenvalue weighted by Crippen LogP contribution is -2.30. The lowest BCUT2D eigenvalue weighted by molar-refractivity contribution is -0.0173. The molecule has 0 spiro atoms. The van der Waals surface area contributed by atoms with E-state index in [9.17, 15) is 0 Å². The van der Waals surface area contributed by atoms with E-state index in [1.807, 2.05) is 18.2 Å². The van der Waals surface area contributed by atoms with Gasteiger partial charge in [0.2, 0.25) is 0 Å². The molecule has 1 aromatic rings. The minimum absolute atomic E-state index is 0.0786. The fraction of sp³-hybridized carbons (Fsp3) is 0.533. The Kier molecular flexibility index (Phi) is 4.17. The van der Waals surface area contributed by atoms with Crippen molar-refractivity contribution in [2.45, 2.75) is 38.9 Å². The third-order valence-electron chi connectivity index (χ3n) is 3.53. The highest BCUT2D eigenvalue weighted by Crippen LogP contribution is 2.30. The molecule has 3 atom stereocenters. The summed E-state index contributed by atoms with van der Waals surface area (Å²) in [5.74, 6) is 0.760. The van der Waals surface area contributed by atoms with E-state index < -0.39 is 0 Å². The average molecular weight is 229 g/mol. The Morgan fingerprint density at radius 3 is 2.76 bits per heavy atom. The molecule has 90 valence electrons. The van der Waals surface area contributed by atoms with E-state index >= 15 is 0 Å². The molecule has 0 radical (unpaired) electrons. The van der Waals surface area contributed by atoms with Crippen LogP contribution in [0.25, 0.3) is 0 Å². The Labute approximate surface area is 103 Å². The minimum atomic E-state index is 0.0786. The van der Waals surface area contributed by atoms with E-state index in [-0.39, 0.29) is 12.0 Å². The van der Waals surface area contributed by atoms with Crippen LogP contribution in [-0.4, -0.2) is 6.10 Å². The number of ether oxygens (including phenoxy) is 1. The van der Waals surface area contributed by atoms with Gasteiger partial charge in [0, 0.05) is 0 Å². The van der Waals surface area contributed by atoms with Crippen molar-refractivity contribution in [2.75, 3.05) is 0 Å². The molecular formula is C15H19NO. The zero-order valence-electron chi connectivity index (χ0n) is 10.3. The number of hydrogen-bond acceptors (Lipinski definition) is 2. The first-order valence-corrected chi connectivity index (χ1v) is 6.34. The molecule has 1 aliphatic rings. The third kappa shape index (κ3) is 3.31. The largest absolute Gasteiger partial charge is 0.372 e. The van der Waals surface area contributed by atoms with E-state index in [0.29, 0.717) is 12.5 Å². The predicted molar refractivity (Wildman–Crippen MR) is 67.1 cm³/mol. The molecule has 0 bridgehead atoms. The molecule has 0 aliphatic heterocycles. The van der Waals surface area contributed by atoms with Crippen molar-refractivity contribution < 1.29 is 4.74 Å². The van der Waals surface area contributed by atoms with Gasteiger partial charge in [-0.1, -0.05) is 37.3 Å². The van der Waals surface area contributed by atoms with Gasteiger partial charge in [0.25, 0.3) is 0 Å². The Morgan fingerprint density at radius 2 is 2.06 bits per heavy atom. The van der Waals surface area contributed by atoms with Gasteiger partial charge in [0.15, 0.2) is 0 Å². The fourth-order valence-electron chi connectivity index (χ4n) is 2.44. The van der Waals surface area contributed by atoms with Crippen molar-refractivity contribution in [2.24, 2.45) is 11.8 Å². The van der Waals surface area contributed by atoms with Crippen LogP contribution in [0.2, 0.25) is 0 Å². The zero-order chi connectivity index (χ0) is 12.1. The van der Waals surface area contributed by atoms with Crippen LogP contribution in [0.3, 0.4) is 0 Å². The SMILES string of the molecule is CC1CCC(C#N)C(OCc2ccccc2)C1. The van der Waals surface area contributed by atoms with Crippen LogP contribution in [-0.2, 0) is 11.3 Å². The molecule has 1 aliphatic carbocycles. The molecule has 0 saturated heterocycles. The highest BCUT2D eigenvalue weighted by Gasteiger charge is 2.29. The second-order valence-corrected chi connectivity index (χ2v) is 4.99. The van der Waals surface area contributed by atoms with E-state index in [1.165, 1.54) is 5.56 Å². The minimum Gasteiger partial charge on any atom is -0.372 e. The molecule has 0 amide bonds. The molecule has 2 nitrogen and oxygen atoms in total. The number of rotatable bonds is 3. The lowest BCUT2D eigenvalue weighted by Gasteiger charge is -2.30. The van der Waals surface area contributed by atoms with Crippen LogP contribution in [0.5, 0.6) is 0 Å². The van der Waals surface area contributed by atoms with Gasteiger partial charge in [-0.05, 0) is 30.7 Å². The van der Waals surface area contributed by atoms with Crippen LogP contribution >= 0.6 is 0 Å². The summed E-state index contributed by atoms with van der Waals surface area (Å²) < 4.78 is 5.92. The van der Waals surface area contributed by atoms with Crippen molar-refractivity contribution in [3.05, 3.63) is 35.9 Å². The maximum absolute atomic E-state index is 9.11. The van der Waals surface area contributed by atoms with Gasteiger partial charge in [-0.2, -0.15) is 5.26 Å². The lowest BCUT2D eigenvalue weighted by atomic mass is 9.81. The molecule has 1 saturated carbocycles. The summed E-state index contributed by atoms with van der Waals surface area (Å²) in [4.78, 5) is 0. The normalized spacial score (nSPS) is 28.6. The van der Waals surface area contributed by atoms with Gasteiger partial charge in [-0.3, -0.25) is 0 Å². The standard InChI is InChI=1S/C15H19NO/c1-12-7-8-14(10-16)15(9-12)17-11-13-5-3-2-4-6-13/h2-6,12,14-15H,7-9,11H2,1H3. The van der Waals surface area contributed by atoms with E-state index in [1.54, 1.807) is 0 Å². The van der Waals surface area contributed by atoms with Crippen molar-refractivity contribution >= 4 is 0 Å². The van der Waals surface area contributed by atoms with Crippen molar-refractivity contribution in [3.63, 3.8) is 0 Å². The van der Waals surface area contributed by atoms with Gasteiger partial charge >= 0.3 is 0 Å². The molecule has 2 heteroatoms. The summed E-state index contributed by atoms with van der Waals surface area (Å²) in [6, 6.07) is 12.6. The quantitative estimate of drug-likeness (QED) is 0.794. The Balaban J connectivity index is 1.91. The van der Waals surface area contributed by atoms with Gasteiger partial charge < -0.3 is 4.74 Å². The van der Waals surface area contributed by atoms with Crippen LogP contribution in [0, 0.1) is 23.2 Å². The fourth-order valence-corrected chi connectivity index (χ4v) is 2.44. The topological polar surface area (TPSA) is 33.0 Å². The Morgan fingerprint density at radius 1 is 1.29 bits per heavy atom. The van der Waals surface area contributed by atoms with Gasteiger partial charge in [-0.15, -0.1) is 0 Å². The van der Waals surface area contributed by atoms with Crippen LogP contribution in [0.4, 0.5) is 0 Å². The van der Waals surface area contributed by atoms with Gasteiger partial charge in [-0.25, -0.2) is 0 Å². The molecule has 0 N–H and O–H groups in total. The average Bonchev–Trinajstić information content (AvgIpc) is 2.38. The smallest absolute Gasteiger partial charge is 0.0740 e. The summed E-state index contributed by atoms with van der Waals surface area (Å²) >= 11 is 0. The van der Waals surface area contributed by atoms with Crippen LogP contribution < -0.4 is 0 Å². The maximum Gasteiger partial charge on any atom is 0.0740 e. The van der Waals surface area contributed by atoms with Crippen molar-refractivity contribution in [1.82, 2.24) is 0 Å². The van der Waals surface area contributed by atoms with Crippen LogP contribution in [0.1, 0.15) is 31.7 Å². The molecule has 3 unspecified atom stereocenters. The predicted octanol–water partition coefficient (Wildman–Crippen LogP) is 3.53. The molecule has 1 fully saturated rings. The van der Waals surface area contributed by atoms with E-state index in [2.05, 4.69) is 25.1 Å². The highest BCUT2D eigenvalue weighted by molar-refractivity contribution is 5.13. The maximum atomic E-state index is 9.11. The first-order valence-electron chi connectivity index (χ1n) is 6.34. The Bertz CT molecular complexity index is 382. The molecule has 1 aromatic carbocycles. The van der Waals surface area contributed by atoms with Gasteiger partial charge in [0.05, 0.1) is 24.7 Å². The first kappa shape index (κ1) is 12.1. The first-order chi connectivity index (χ1) is 8.29. The second-order valence-electron chi connectivity index (χ2n) is 4.99.